The van der Waals surface area contributed by atoms with E-state index in [0.717, 1.165) is 54.9 Å². The van der Waals surface area contributed by atoms with Gasteiger partial charge in [0.05, 0.1) is 11.0 Å². The molecule has 0 aliphatic heterocycles. The zero-order valence-electron chi connectivity index (χ0n) is 14.6. The highest BCUT2D eigenvalue weighted by Gasteiger charge is 2.11. The van der Waals surface area contributed by atoms with E-state index in [9.17, 15) is 4.79 Å². The Labute approximate surface area is 142 Å². The van der Waals surface area contributed by atoms with Crippen molar-refractivity contribution in [1.29, 1.82) is 0 Å². The van der Waals surface area contributed by atoms with Gasteiger partial charge in [0.25, 0.3) is 5.91 Å². The number of amides is 1. The van der Waals surface area contributed by atoms with Gasteiger partial charge in [-0.3, -0.25) is 10.0 Å². The zero-order valence-corrected chi connectivity index (χ0v) is 14.6. The molecular formula is C18H26N4O2. The molecule has 2 N–H and O–H groups in total. The van der Waals surface area contributed by atoms with Gasteiger partial charge in [0, 0.05) is 25.6 Å². The highest BCUT2D eigenvalue weighted by Crippen LogP contribution is 2.20. The Balaban J connectivity index is 2.32. The second-order valence-corrected chi connectivity index (χ2v) is 5.88. The Kier molecular flexibility index (Phi) is 6.52. The fourth-order valence-corrected chi connectivity index (χ4v) is 2.60. The predicted molar refractivity (Wildman–Crippen MR) is 95.9 cm³/mol. The standard InChI is InChI=1S/C18H26N4O2/c1-4-6-17-19-15-13-14(8-10-18(23)20-24)7-9-16(15)22(17)12-11-21(3)5-2/h7-10,13,24H,4-6,11-12H2,1-3H3,(H,20,23)/b10-8+. The van der Waals surface area contributed by atoms with Crippen LogP contribution in [0.5, 0.6) is 0 Å². The monoisotopic (exact) mass is 330 g/mol. The number of hydroxylamine groups is 1. The summed E-state index contributed by atoms with van der Waals surface area (Å²) in [6.45, 7) is 7.23. The van der Waals surface area contributed by atoms with Gasteiger partial charge in [-0.15, -0.1) is 0 Å². The first-order valence-corrected chi connectivity index (χ1v) is 8.38. The number of aryl methyl sites for hydroxylation is 1. The molecule has 1 aromatic heterocycles. The molecule has 2 rings (SSSR count). The maximum absolute atomic E-state index is 11.1. The number of hydrogen-bond acceptors (Lipinski definition) is 4. The van der Waals surface area contributed by atoms with E-state index in [1.165, 1.54) is 6.08 Å². The van der Waals surface area contributed by atoms with Crippen molar-refractivity contribution in [3.8, 4) is 0 Å². The molecular weight excluding hydrogens is 304 g/mol. The molecule has 2 aromatic rings. The number of carbonyl (C=O) groups is 1. The molecule has 24 heavy (non-hydrogen) atoms. The van der Waals surface area contributed by atoms with Crippen LogP contribution in [0.25, 0.3) is 17.1 Å². The van der Waals surface area contributed by atoms with Crippen molar-refractivity contribution >= 4 is 23.0 Å². The topological polar surface area (TPSA) is 70.4 Å². The molecule has 6 nitrogen and oxygen atoms in total. The van der Waals surface area contributed by atoms with Gasteiger partial charge >= 0.3 is 0 Å². The molecule has 1 amide bonds. The Hall–Kier alpha value is -2.18. The fourth-order valence-electron chi connectivity index (χ4n) is 2.60. The van der Waals surface area contributed by atoms with E-state index in [4.69, 9.17) is 10.2 Å². The number of imidazole rings is 1. The molecule has 0 unspecified atom stereocenters. The molecule has 6 heteroatoms. The van der Waals surface area contributed by atoms with Crippen LogP contribution in [0.15, 0.2) is 24.3 Å². The molecule has 0 spiro atoms. The quantitative estimate of drug-likeness (QED) is 0.443. The molecule has 0 atom stereocenters. The Morgan fingerprint density at radius 1 is 1.42 bits per heavy atom. The number of nitrogens with zero attached hydrogens (tertiary/aromatic N) is 3. The van der Waals surface area contributed by atoms with E-state index in [2.05, 4.69) is 30.4 Å². The minimum atomic E-state index is -0.546. The van der Waals surface area contributed by atoms with E-state index in [0.29, 0.717) is 0 Å². The van der Waals surface area contributed by atoms with Crippen LogP contribution >= 0.6 is 0 Å². The summed E-state index contributed by atoms with van der Waals surface area (Å²) in [4.78, 5) is 18.2. The summed E-state index contributed by atoms with van der Waals surface area (Å²) in [5.74, 6) is 0.557. The van der Waals surface area contributed by atoms with Gasteiger partial charge in [-0.25, -0.2) is 10.5 Å². The third-order valence-electron chi connectivity index (χ3n) is 4.11. The molecule has 0 saturated heterocycles. The van der Waals surface area contributed by atoms with Crippen molar-refractivity contribution in [3.05, 3.63) is 35.7 Å². The summed E-state index contributed by atoms with van der Waals surface area (Å²) >= 11 is 0. The second kappa shape index (κ2) is 8.61. The number of aromatic nitrogens is 2. The SMILES string of the molecule is CCCc1nc2cc(/C=C/C(=O)NO)ccc2n1CCN(C)CC. The third kappa shape index (κ3) is 4.43. The number of fused-ring (bicyclic) bond motifs is 1. The van der Waals surface area contributed by atoms with Crippen LogP contribution in [-0.4, -0.2) is 45.7 Å². The summed E-state index contributed by atoms with van der Waals surface area (Å²) in [5.41, 5.74) is 4.52. The number of carbonyl (C=O) groups excluding carboxylic acids is 1. The van der Waals surface area contributed by atoms with Crippen molar-refractivity contribution in [2.24, 2.45) is 0 Å². The highest BCUT2D eigenvalue weighted by atomic mass is 16.5. The van der Waals surface area contributed by atoms with Crippen LogP contribution in [0.4, 0.5) is 0 Å². The van der Waals surface area contributed by atoms with E-state index < -0.39 is 5.91 Å². The first kappa shape index (κ1) is 18.2. The van der Waals surface area contributed by atoms with Crippen LogP contribution in [0.1, 0.15) is 31.7 Å². The van der Waals surface area contributed by atoms with Crippen LogP contribution in [0.3, 0.4) is 0 Å². The summed E-state index contributed by atoms with van der Waals surface area (Å²) in [7, 11) is 2.12. The normalized spacial score (nSPS) is 11.7. The van der Waals surface area contributed by atoms with E-state index in [-0.39, 0.29) is 0 Å². The molecule has 0 bridgehead atoms. The largest absolute Gasteiger partial charge is 0.327 e. The molecule has 0 radical (unpaired) electrons. The van der Waals surface area contributed by atoms with E-state index in [1.54, 1.807) is 11.6 Å². The zero-order chi connectivity index (χ0) is 17.5. The molecule has 0 aliphatic carbocycles. The third-order valence-corrected chi connectivity index (χ3v) is 4.11. The van der Waals surface area contributed by atoms with Crippen LogP contribution in [0.2, 0.25) is 0 Å². The second-order valence-electron chi connectivity index (χ2n) is 5.88. The van der Waals surface area contributed by atoms with Crippen molar-refractivity contribution in [1.82, 2.24) is 19.9 Å². The number of rotatable bonds is 8. The lowest BCUT2D eigenvalue weighted by molar-refractivity contribution is -0.124. The Morgan fingerprint density at radius 2 is 2.21 bits per heavy atom. The maximum atomic E-state index is 11.1. The van der Waals surface area contributed by atoms with E-state index >= 15 is 0 Å². The van der Waals surface area contributed by atoms with Crippen molar-refractivity contribution in [2.75, 3.05) is 20.1 Å². The van der Waals surface area contributed by atoms with Crippen molar-refractivity contribution < 1.29 is 10.0 Å². The van der Waals surface area contributed by atoms with Crippen molar-refractivity contribution in [2.45, 2.75) is 33.2 Å². The molecule has 1 heterocycles. The molecule has 1 aromatic carbocycles. The Bertz CT molecular complexity index is 721. The smallest absolute Gasteiger partial charge is 0.267 e. The van der Waals surface area contributed by atoms with Crippen LogP contribution in [0, 0.1) is 0 Å². The van der Waals surface area contributed by atoms with Crippen LogP contribution < -0.4 is 5.48 Å². The van der Waals surface area contributed by atoms with Gasteiger partial charge in [0.15, 0.2) is 0 Å². The maximum Gasteiger partial charge on any atom is 0.267 e. The summed E-state index contributed by atoms with van der Waals surface area (Å²) in [6.07, 6.45) is 4.95. The number of likely N-dealkylation sites (N-methyl/N-ethyl adjacent to an activating group) is 1. The minimum absolute atomic E-state index is 0.546. The summed E-state index contributed by atoms with van der Waals surface area (Å²) in [5, 5.41) is 8.54. The number of hydrogen-bond donors (Lipinski definition) is 2. The first-order valence-electron chi connectivity index (χ1n) is 8.38. The average Bonchev–Trinajstić information content (AvgIpc) is 2.94. The summed E-state index contributed by atoms with van der Waals surface area (Å²) in [6, 6.07) is 5.97. The number of nitrogens with one attached hydrogen (secondary N) is 1. The summed E-state index contributed by atoms with van der Waals surface area (Å²) < 4.78 is 2.29. The highest BCUT2D eigenvalue weighted by molar-refractivity contribution is 5.91. The predicted octanol–water partition coefficient (Wildman–Crippen LogP) is 2.46. The fraction of sp³-hybridized carbons (Fsp3) is 0.444. The average molecular weight is 330 g/mol. The lowest BCUT2D eigenvalue weighted by atomic mass is 10.2. The molecule has 0 saturated carbocycles. The molecule has 0 aliphatic rings. The van der Waals surface area contributed by atoms with Gasteiger partial charge in [-0.1, -0.05) is 19.9 Å². The Morgan fingerprint density at radius 3 is 2.88 bits per heavy atom. The minimum Gasteiger partial charge on any atom is -0.327 e. The first-order chi connectivity index (χ1) is 11.6. The molecule has 130 valence electrons. The van der Waals surface area contributed by atoms with Gasteiger partial charge in [0.2, 0.25) is 0 Å². The van der Waals surface area contributed by atoms with Gasteiger partial charge < -0.3 is 9.47 Å². The lowest BCUT2D eigenvalue weighted by Crippen LogP contribution is -2.23. The van der Waals surface area contributed by atoms with Gasteiger partial charge in [0.1, 0.15) is 5.82 Å². The van der Waals surface area contributed by atoms with Crippen LogP contribution in [-0.2, 0) is 17.8 Å². The van der Waals surface area contributed by atoms with E-state index in [1.807, 2.05) is 18.2 Å². The number of benzene rings is 1. The van der Waals surface area contributed by atoms with Gasteiger partial charge in [-0.05, 0) is 43.8 Å². The lowest BCUT2D eigenvalue weighted by Gasteiger charge is -2.16. The van der Waals surface area contributed by atoms with Gasteiger partial charge in [-0.2, -0.15) is 0 Å². The molecule has 0 fully saturated rings. The van der Waals surface area contributed by atoms with Crippen molar-refractivity contribution in [3.63, 3.8) is 0 Å².